The molecule has 6 heteroatoms. The molecule has 2 aromatic carbocycles. The molecule has 0 radical (unpaired) electrons. The van der Waals surface area contributed by atoms with E-state index in [0.29, 0.717) is 34.5 Å². The molecule has 26 heavy (non-hydrogen) atoms. The second kappa shape index (κ2) is 8.89. The van der Waals surface area contributed by atoms with Gasteiger partial charge in [-0.15, -0.1) is 0 Å². The Bertz CT molecular complexity index is 757. The summed E-state index contributed by atoms with van der Waals surface area (Å²) < 4.78 is 32.3. The van der Waals surface area contributed by atoms with Gasteiger partial charge in [0.25, 0.3) is 0 Å². The number of ether oxygens (including phenoxy) is 6. The van der Waals surface area contributed by atoms with Gasteiger partial charge in [-0.2, -0.15) is 0 Å². The van der Waals surface area contributed by atoms with Gasteiger partial charge in [0.2, 0.25) is 11.5 Å². The summed E-state index contributed by atoms with van der Waals surface area (Å²) in [5.74, 6) is 3.47. The largest absolute Gasteiger partial charge is 0.493 e. The van der Waals surface area contributed by atoms with Crippen LogP contribution in [0, 0.1) is 0 Å². The van der Waals surface area contributed by atoms with Crippen LogP contribution >= 0.6 is 0 Å². The van der Waals surface area contributed by atoms with E-state index in [-0.39, 0.29) is 0 Å². The highest BCUT2D eigenvalue weighted by molar-refractivity contribution is 5.77. The van der Waals surface area contributed by atoms with Gasteiger partial charge in [-0.3, -0.25) is 0 Å². The molecule has 0 aliphatic heterocycles. The molecular formula is C20H24O6. The number of hydrogen-bond acceptors (Lipinski definition) is 6. The average Bonchev–Trinajstić information content (AvgIpc) is 2.70. The van der Waals surface area contributed by atoms with E-state index in [9.17, 15) is 0 Å². The Morgan fingerprint density at radius 3 is 1.54 bits per heavy atom. The number of rotatable bonds is 8. The minimum atomic E-state index is 0.544. The van der Waals surface area contributed by atoms with Crippen LogP contribution in [0.15, 0.2) is 24.3 Å². The first kappa shape index (κ1) is 19.3. The van der Waals surface area contributed by atoms with Gasteiger partial charge in [0.05, 0.1) is 42.7 Å². The van der Waals surface area contributed by atoms with Gasteiger partial charge in [0.15, 0.2) is 23.0 Å². The monoisotopic (exact) mass is 360 g/mol. The molecule has 6 nitrogen and oxygen atoms in total. The highest BCUT2D eigenvalue weighted by Gasteiger charge is 2.15. The molecule has 0 aliphatic rings. The second-order valence-electron chi connectivity index (χ2n) is 5.22. The lowest BCUT2D eigenvalue weighted by Gasteiger charge is -2.14. The Hall–Kier alpha value is -3.02. The molecule has 0 fully saturated rings. The summed E-state index contributed by atoms with van der Waals surface area (Å²) in [7, 11) is 9.50. The van der Waals surface area contributed by atoms with Crippen molar-refractivity contribution in [3.05, 3.63) is 35.4 Å². The van der Waals surface area contributed by atoms with Gasteiger partial charge in [0, 0.05) is 5.56 Å². The van der Waals surface area contributed by atoms with E-state index in [1.165, 1.54) is 0 Å². The molecule has 0 saturated carbocycles. The van der Waals surface area contributed by atoms with Gasteiger partial charge in [-0.05, 0) is 29.8 Å². The Balaban J connectivity index is 2.47. The molecule has 0 saturated heterocycles. The molecular weight excluding hydrogens is 336 g/mol. The van der Waals surface area contributed by atoms with Crippen molar-refractivity contribution >= 4 is 12.2 Å². The van der Waals surface area contributed by atoms with E-state index in [0.717, 1.165) is 11.1 Å². The number of hydrogen-bond donors (Lipinski definition) is 0. The Kier molecular flexibility index (Phi) is 6.60. The van der Waals surface area contributed by atoms with Crippen molar-refractivity contribution in [1.29, 1.82) is 0 Å². The van der Waals surface area contributed by atoms with Crippen LogP contribution < -0.4 is 28.4 Å². The second-order valence-corrected chi connectivity index (χ2v) is 5.22. The lowest BCUT2D eigenvalue weighted by molar-refractivity contribution is 0.324. The molecule has 0 heterocycles. The van der Waals surface area contributed by atoms with Crippen LogP contribution in [0.2, 0.25) is 0 Å². The van der Waals surface area contributed by atoms with Gasteiger partial charge < -0.3 is 28.4 Å². The predicted octanol–water partition coefficient (Wildman–Crippen LogP) is 3.91. The Labute approximate surface area is 153 Å². The van der Waals surface area contributed by atoms with Gasteiger partial charge in [-0.1, -0.05) is 12.2 Å². The summed E-state index contributed by atoms with van der Waals surface area (Å²) in [5, 5.41) is 0. The Morgan fingerprint density at radius 2 is 1.08 bits per heavy atom. The molecule has 2 rings (SSSR count). The molecule has 140 valence electrons. The predicted molar refractivity (Wildman–Crippen MR) is 101 cm³/mol. The van der Waals surface area contributed by atoms with Crippen LogP contribution in [-0.4, -0.2) is 42.7 Å². The summed E-state index contributed by atoms with van der Waals surface area (Å²) in [4.78, 5) is 0. The molecule has 0 aliphatic carbocycles. The molecule has 0 amide bonds. The minimum absolute atomic E-state index is 0.544. The standard InChI is InChI=1S/C20H24O6/c1-21-15-10-9-14(18(24-4)20(15)26-6)8-7-13-11-16(22-2)19(25-5)17(12-13)23-3/h7-12H,1-6H3/b8-7-. The van der Waals surface area contributed by atoms with E-state index in [1.807, 2.05) is 36.4 Å². The van der Waals surface area contributed by atoms with E-state index >= 15 is 0 Å². The average molecular weight is 360 g/mol. The smallest absolute Gasteiger partial charge is 0.203 e. The van der Waals surface area contributed by atoms with Crippen molar-refractivity contribution in [2.24, 2.45) is 0 Å². The molecule has 0 aromatic heterocycles. The van der Waals surface area contributed by atoms with Gasteiger partial charge in [-0.25, -0.2) is 0 Å². The van der Waals surface area contributed by atoms with Crippen LogP contribution in [0.4, 0.5) is 0 Å². The van der Waals surface area contributed by atoms with Crippen molar-refractivity contribution in [2.45, 2.75) is 0 Å². The molecule has 0 atom stereocenters. The van der Waals surface area contributed by atoms with Crippen LogP contribution in [0.5, 0.6) is 34.5 Å². The summed E-state index contributed by atoms with van der Waals surface area (Å²) in [6.45, 7) is 0. The van der Waals surface area contributed by atoms with Gasteiger partial charge in [0.1, 0.15) is 0 Å². The zero-order chi connectivity index (χ0) is 19.1. The first-order valence-corrected chi connectivity index (χ1v) is 7.90. The van der Waals surface area contributed by atoms with Crippen LogP contribution in [0.1, 0.15) is 11.1 Å². The normalized spacial score (nSPS) is 10.5. The van der Waals surface area contributed by atoms with Crippen molar-refractivity contribution < 1.29 is 28.4 Å². The fraction of sp³-hybridized carbons (Fsp3) is 0.300. The van der Waals surface area contributed by atoms with E-state index in [1.54, 1.807) is 42.7 Å². The first-order chi connectivity index (χ1) is 12.6. The van der Waals surface area contributed by atoms with Crippen molar-refractivity contribution in [1.82, 2.24) is 0 Å². The van der Waals surface area contributed by atoms with Crippen LogP contribution in [-0.2, 0) is 0 Å². The van der Waals surface area contributed by atoms with Crippen molar-refractivity contribution in [2.75, 3.05) is 42.7 Å². The highest BCUT2D eigenvalue weighted by atomic mass is 16.5. The van der Waals surface area contributed by atoms with E-state index < -0.39 is 0 Å². The highest BCUT2D eigenvalue weighted by Crippen LogP contribution is 2.41. The van der Waals surface area contributed by atoms with E-state index in [4.69, 9.17) is 28.4 Å². The maximum atomic E-state index is 5.50. The number of methoxy groups -OCH3 is 6. The third kappa shape index (κ3) is 3.79. The fourth-order valence-electron chi connectivity index (χ4n) is 2.64. The van der Waals surface area contributed by atoms with Gasteiger partial charge >= 0.3 is 0 Å². The van der Waals surface area contributed by atoms with Crippen molar-refractivity contribution in [3.8, 4) is 34.5 Å². The fourth-order valence-corrected chi connectivity index (χ4v) is 2.64. The maximum absolute atomic E-state index is 5.50. The lowest BCUT2D eigenvalue weighted by atomic mass is 10.1. The Morgan fingerprint density at radius 1 is 0.538 bits per heavy atom. The zero-order valence-electron chi connectivity index (χ0n) is 15.9. The molecule has 0 spiro atoms. The lowest BCUT2D eigenvalue weighted by Crippen LogP contribution is -1.97. The topological polar surface area (TPSA) is 55.4 Å². The van der Waals surface area contributed by atoms with Crippen LogP contribution in [0.3, 0.4) is 0 Å². The molecule has 2 aromatic rings. The summed E-state index contributed by atoms with van der Waals surface area (Å²) in [5.41, 5.74) is 1.73. The summed E-state index contributed by atoms with van der Waals surface area (Å²) >= 11 is 0. The SMILES string of the molecule is COc1cc(/C=C\c2ccc(OC)c(OC)c2OC)cc(OC)c1OC. The summed E-state index contributed by atoms with van der Waals surface area (Å²) in [6, 6.07) is 7.46. The third-order valence-corrected chi connectivity index (χ3v) is 3.88. The van der Waals surface area contributed by atoms with Crippen LogP contribution in [0.25, 0.3) is 12.2 Å². The summed E-state index contributed by atoms with van der Waals surface area (Å²) in [6.07, 6.45) is 3.84. The third-order valence-electron chi connectivity index (χ3n) is 3.88. The maximum Gasteiger partial charge on any atom is 0.203 e. The first-order valence-electron chi connectivity index (χ1n) is 7.90. The molecule has 0 N–H and O–H groups in total. The van der Waals surface area contributed by atoms with E-state index in [2.05, 4.69) is 0 Å². The molecule has 0 unspecified atom stereocenters. The molecule has 0 bridgehead atoms. The quantitative estimate of drug-likeness (QED) is 0.666. The minimum Gasteiger partial charge on any atom is -0.493 e. The zero-order valence-corrected chi connectivity index (χ0v) is 15.9. The van der Waals surface area contributed by atoms with Crippen molar-refractivity contribution in [3.63, 3.8) is 0 Å². The number of benzene rings is 2.